The fourth-order valence-corrected chi connectivity index (χ4v) is 8.13. The third-order valence-electron chi connectivity index (χ3n) is 12.5. The molecule has 0 aromatic rings. The predicted molar refractivity (Wildman–Crippen MR) is 288 cm³/mol. The molecule has 0 saturated heterocycles. The highest BCUT2D eigenvalue weighted by atomic mass is 16.6. The topological polar surface area (TPSA) is 78.9 Å². The van der Waals surface area contributed by atoms with Gasteiger partial charge in [0.1, 0.15) is 13.2 Å². The number of carbonyl (C=O) groups excluding carboxylic acids is 3. The Bertz CT molecular complexity index is 1210. The summed E-state index contributed by atoms with van der Waals surface area (Å²) in [4.78, 5) is 38.1. The maximum atomic E-state index is 12.8. The first kappa shape index (κ1) is 64.1. The Labute approximate surface area is 415 Å². The average molecular weight is 938 g/mol. The van der Waals surface area contributed by atoms with Gasteiger partial charge < -0.3 is 14.2 Å². The van der Waals surface area contributed by atoms with Crippen molar-refractivity contribution in [2.24, 2.45) is 0 Å². The summed E-state index contributed by atoms with van der Waals surface area (Å²) in [6.45, 7) is 6.60. The second-order valence-electron chi connectivity index (χ2n) is 19.2. The van der Waals surface area contributed by atoms with Gasteiger partial charge >= 0.3 is 17.9 Å². The number of hydrogen-bond acceptors (Lipinski definition) is 6. The molecule has 0 aromatic carbocycles. The fraction of sp³-hybridized carbons (Fsp3) is 0.787. The molecule has 0 rings (SSSR count). The van der Waals surface area contributed by atoms with E-state index < -0.39 is 6.10 Å². The van der Waals surface area contributed by atoms with E-state index in [1.165, 1.54) is 161 Å². The first-order valence-electron chi connectivity index (χ1n) is 28.8. The van der Waals surface area contributed by atoms with Crippen LogP contribution < -0.4 is 0 Å². The van der Waals surface area contributed by atoms with E-state index in [1.807, 2.05) is 0 Å². The van der Waals surface area contributed by atoms with Crippen molar-refractivity contribution in [2.45, 2.75) is 297 Å². The lowest BCUT2D eigenvalue weighted by atomic mass is 10.0. The Morgan fingerprint density at radius 3 is 0.896 bits per heavy atom. The van der Waals surface area contributed by atoms with Crippen LogP contribution in [-0.2, 0) is 28.6 Å². The Kier molecular flexibility index (Phi) is 53.3. The number of ether oxygens (including phenoxy) is 3. The number of esters is 3. The molecule has 388 valence electrons. The lowest BCUT2D eigenvalue weighted by Gasteiger charge is -2.18. The summed E-state index contributed by atoms with van der Waals surface area (Å²) in [5.74, 6) is -0.915. The highest BCUT2D eigenvalue weighted by Crippen LogP contribution is 2.15. The van der Waals surface area contributed by atoms with Gasteiger partial charge in [0.2, 0.25) is 0 Å². The maximum absolute atomic E-state index is 12.8. The number of unbranched alkanes of at least 4 members (excludes halogenated alkanes) is 31. The van der Waals surface area contributed by atoms with Crippen LogP contribution >= 0.6 is 0 Å². The quantitative estimate of drug-likeness (QED) is 0.0262. The van der Waals surface area contributed by atoms with Crippen molar-refractivity contribution in [3.63, 3.8) is 0 Å². The molecule has 0 saturated carbocycles. The van der Waals surface area contributed by atoms with Crippen molar-refractivity contribution in [2.75, 3.05) is 13.2 Å². The Hall–Kier alpha value is -2.89. The van der Waals surface area contributed by atoms with Crippen LogP contribution in [0.5, 0.6) is 0 Å². The van der Waals surface area contributed by atoms with Gasteiger partial charge in [-0.15, -0.1) is 0 Å². The summed E-state index contributed by atoms with van der Waals surface area (Å²) >= 11 is 0. The summed E-state index contributed by atoms with van der Waals surface area (Å²) in [6, 6.07) is 0. The van der Waals surface area contributed by atoms with E-state index in [9.17, 15) is 14.4 Å². The van der Waals surface area contributed by atoms with E-state index in [0.29, 0.717) is 19.3 Å². The van der Waals surface area contributed by atoms with E-state index >= 15 is 0 Å². The van der Waals surface area contributed by atoms with Crippen LogP contribution in [0.25, 0.3) is 0 Å². The molecule has 0 aromatic heterocycles. The van der Waals surface area contributed by atoms with Crippen molar-refractivity contribution in [1.29, 1.82) is 0 Å². The van der Waals surface area contributed by atoms with Gasteiger partial charge in [-0.2, -0.15) is 0 Å². The number of allylic oxidation sites excluding steroid dienone is 10. The highest BCUT2D eigenvalue weighted by Gasteiger charge is 2.19. The molecule has 0 aliphatic heterocycles. The monoisotopic (exact) mass is 937 g/mol. The molecule has 0 bridgehead atoms. The Morgan fingerprint density at radius 2 is 0.537 bits per heavy atom. The van der Waals surface area contributed by atoms with Gasteiger partial charge in [0.05, 0.1) is 0 Å². The third-order valence-corrected chi connectivity index (χ3v) is 12.5. The number of carbonyl (C=O) groups is 3. The third kappa shape index (κ3) is 53.9. The van der Waals surface area contributed by atoms with Gasteiger partial charge in [0, 0.05) is 19.3 Å². The van der Waals surface area contributed by atoms with E-state index in [4.69, 9.17) is 14.2 Å². The molecule has 0 N–H and O–H groups in total. The summed E-state index contributed by atoms with van der Waals surface area (Å²) in [6.07, 6.45) is 69.2. The van der Waals surface area contributed by atoms with Crippen LogP contribution in [0.3, 0.4) is 0 Å². The van der Waals surface area contributed by atoms with Gasteiger partial charge in [-0.25, -0.2) is 0 Å². The lowest BCUT2D eigenvalue weighted by molar-refractivity contribution is -0.167. The second kappa shape index (κ2) is 55.7. The van der Waals surface area contributed by atoms with Crippen LogP contribution in [0.1, 0.15) is 290 Å². The van der Waals surface area contributed by atoms with Crippen LogP contribution in [0, 0.1) is 0 Å². The van der Waals surface area contributed by atoms with Crippen LogP contribution in [0.2, 0.25) is 0 Å². The number of hydrogen-bond donors (Lipinski definition) is 0. The van der Waals surface area contributed by atoms with Gasteiger partial charge in [-0.3, -0.25) is 14.4 Å². The molecule has 0 aliphatic carbocycles. The van der Waals surface area contributed by atoms with Crippen LogP contribution in [0.15, 0.2) is 60.8 Å². The molecule has 6 heteroatoms. The van der Waals surface area contributed by atoms with Crippen LogP contribution in [0.4, 0.5) is 0 Å². The molecule has 6 nitrogen and oxygen atoms in total. The fourth-order valence-electron chi connectivity index (χ4n) is 8.13. The second-order valence-corrected chi connectivity index (χ2v) is 19.2. The van der Waals surface area contributed by atoms with E-state index in [0.717, 1.165) is 89.9 Å². The first-order valence-corrected chi connectivity index (χ1v) is 28.8. The van der Waals surface area contributed by atoms with Gasteiger partial charge in [-0.1, -0.05) is 242 Å². The maximum Gasteiger partial charge on any atom is 0.306 e. The SMILES string of the molecule is CCCCC/C=C\C/C=C\C/C=C\C/C=C\CCCCCC(=O)O[C@H](COC(=O)CCCCCCC/C=C\CCCCCCCC)COC(=O)CCCCCCCCCCCCCCCCC. The molecule has 0 unspecified atom stereocenters. The van der Waals surface area contributed by atoms with Gasteiger partial charge in [-0.05, 0) is 89.9 Å². The Morgan fingerprint density at radius 1 is 0.299 bits per heavy atom. The van der Waals surface area contributed by atoms with Gasteiger partial charge in [0.15, 0.2) is 6.10 Å². The highest BCUT2D eigenvalue weighted by molar-refractivity contribution is 5.71. The minimum absolute atomic E-state index is 0.0872. The van der Waals surface area contributed by atoms with Crippen molar-refractivity contribution < 1.29 is 28.6 Å². The zero-order valence-corrected chi connectivity index (χ0v) is 44.4. The molecule has 67 heavy (non-hydrogen) atoms. The zero-order valence-electron chi connectivity index (χ0n) is 44.4. The molecule has 0 heterocycles. The predicted octanol–water partition coefficient (Wildman–Crippen LogP) is 19.2. The Balaban J connectivity index is 4.44. The van der Waals surface area contributed by atoms with Crippen molar-refractivity contribution >= 4 is 17.9 Å². The smallest absolute Gasteiger partial charge is 0.306 e. The van der Waals surface area contributed by atoms with E-state index in [-0.39, 0.29) is 31.1 Å². The summed E-state index contributed by atoms with van der Waals surface area (Å²) in [7, 11) is 0. The molecular weight excluding hydrogens is 829 g/mol. The summed E-state index contributed by atoms with van der Waals surface area (Å²) in [5.41, 5.74) is 0. The largest absolute Gasteiger partial charge is 0.462 e. The molecule has 0 amide bonds. The molecule has 0 fully saturated rings. The van der Waals surface area contributed by atoms with Crippen molar-refractivity contribution in [3.05, 3.63) is 60.8 Å². The molecule has 0 radical (unpaired) electrons. The normalized spacial score (nSPS) is 12.5. The minimum Gasteiger partial charge on any atom is -0.462 e. The zero-order chi connectivity index (χ0) is 48.6. The standard InChI is InChI=1S/C61H108O6/c1-4-7-10-13-16-19-22-25-28-29-30-31-34-37-40-43-46-49-52-55-61(64)67-58(56-65-59(62)53-50-47-44-41-38-35-32-26-23-20-17-14-11-8-5-2)57-66-60(63)54-51-48-45-42-39-36-33-27-24-21-18-15-12-9-6-3/h16,19,25-26,28,30-32,37,40,58H,4-15,17-18,20-24,27,29,33-36,38-39,41-57H2,1-3H3/b19-16-,28-25-,31-30-,32-26-,40-37-/t58-/m1/s1. The minimum atomic E-state index is -0.792. The van der Waals surface area contributed by atoms with Crippen molar-refractivity contribution in [3.8, 4) is 0 Å². The van der Waals surface area contributed by atoms with Crippen molar-refractivity contribution in [1.82, 2.24) is 0 Å². The average Bonchev–Trinajstić information content (AvgIpc) is 3.33. The first-order chi connectivity index (χ1) is 33.0. The van der Waals surface area contributed by atoms with Gasteiger partial charge in [0.25, 0.3) is 0 Å². The molecule has 0 aliphatic rings. The molecule has 0 spiro atoms. The van der Waals surface area contributed by atoms with E-state index in [2.05, 4.69) is 81.5 Å². The summed E-state index contributed by atoms with van der Waals surface area (Å²) in [5, 5.41) is 0. The lowest BCUT2D eigenvalue weighted by Crippen LogP contribution is -2.30. The molecule has 1 atom stereocenters. The number of rotatable bonds is 52. The molecular formula is C61H108O6. The van der Waals surface area contributed by atoms with Crippen LogP contribution in [-0.4, -0.2) is 37.2 Å². The van der Waals surface area contributed by atoms with E-state index in [1.54, 1.807) is 0 Å². The summed E-state index contributed by atoms with van der Waals surface area (Å²) < 4.78 is 16.8.